The van der Waals surface area contributed by atoms with Crippen LogP contribution in [0.5, 0.6) is 0 Å². The Morgan fingerprint density at radius 2 is 2.14 bits per heavy atom. The number of nitrogens with zero attached hydrogens (tertiary/aromatic N) is 1. The molecule has 0 saturated carbocycles. The van der Waals surface area contributed by atoms with Crippen LogP contribution in [0.25, 0.3) is 0 Å². The van der Waals surface area contributed by atoms with Crippen molar-refractivity contribution in [2.24, 2.45) is 0 Å². The molecule has 0 aromatic heterocycles. The predicted octanol–water partition coefficient (Wildman–Crippen LogP) is 2.26. The molecule has 0 unspecified atom stereocenters. The summed E-state index contributed by atoms with van der Waals surface area (Å²) in [6.45, 7) is 5.39. The smallest absolute Gasteiger partial charge is 0.254 e. The van der Waals surface area contributed by atoms with E-state index in [0.29, 0.717) is 0 Å². The first-order chi connectivity index (χ1) is 6.83. The fraction of sp³-hybridized carbons (Fsp3) is 0.333. The van der Waals surface area contributed by atoms with E-state index in [9.17, 15) is 4.79 Å². The highest BCUT2D eigenvalue weighted by molar-refractivity contribution is 5.98. The standard InChI is InChI=1S/C12H14NO/c1-2-3-8-13-9-10-6-4-5-7-11(10)12(13)14/h4-7H,1-3,8-9H2. The lowest BCUT2D eigenvalue weighted by molar-refractivity contribution is 0.0777. The SMILES string of the molecule is [CH2]CCCN1Cc2ccccc2C1=O. The molecule has 2 nitrogen and oxygen atoms in total. The highest BCUT2D eigenvalue weighted by atomic mass is 16.2. The van der Waals surface area contributed by atoms with Gasteiger partial charge in [0.2, 0.25) is 0 Å². The van der Waals surface area contributed by atoms with E-state index in [1.54, 1.807) is 0 Å². The van der Waals surface area contributed by atoms with E-state index in [1.165, 1.54) is 0 Å². The molecule has 2 heteroatoms. The van der Waals surface area contributed by atoms with E-state index >= 15 is 0 Å². The van der Waals surface area contributed by atoms with Gasteiger partial charge >= 0.3 is 0 Å². The first-order valence-corrected chi connectivity index (χ1v) is 4.99. The van der Waals surface area contributed by atoms with Gasteiger partial charge in [0, 0.05) is 18.7 Å². The van der Waals surface area contributed by atoms with E-state index in [2.05, 4.69) is 6.92 Å². The molecule has 1 aromatic rings. The molecule has 0 aliphatic carbocycles. The lowest BCUT2D eigenvalue weighted by Crippen LogP contribution is -2.24. The van der Waals surface area contributed by atoms with Crippen LogP contribution in [0.1, 0.15) is 28.8 Å². The van der Waals surface area contributed by atoms with Gasteiger partial charge in [0.25, 0.3) is 5.91 Å². The number of hydrogen-bond donors (Lipinski definition) is 0. The first-order valence-electron chi connectivity index (χ1n) is 4.99. The zero-order chi connectivity index (χ0) is 9.97. The van der Waals surface area contributed by atoms with Crippen LogP contribution in [0.3, 0.4) is 0 Å². The van der Waals surface area contributed by atoms with Gasteiger partial charge in [0.05, 0.1) is 0 Å². The van der Waals surface area contributed by atoms with E-state index in [1.807, 2.05) is 29.2 Å². The Hall–Kier alpha value is -1.31. The summed E-state index contributed by atoms with van der Waals surface area (Å²) >= 11 is 0. The molecular formula is C12H14NO. The van der Waals surface area contributed by atoms with Gasteiger partial charge < -0.3 is 4.90 Å². The van der Waals surface area contributed by atoms with Gasteiger partial charge in [-0.05, 0) is 18.1 Å². The average Bonchev–Trinajstić information content (AvgIpc) is 2.54. The van der Waals surface area contributed by atoms with Crippen LogP contribution in [-0.2, 0) is 6.54 Å². The van der Waals surface area contributed by atoms with Crippen molar-refractivity contribution in [1.82, 2.24) is 4.90 Å². The van der Waals surface area contributed by atoms with Crippen LogP contribution in [0.4, 0.5) is 0 Å². The number of unbranched alkanes of at least 4 members (excludes halogenated alkanes) is 1. The Morgan fingerprint density at radius 3 is 2.86 bits per heavy atom. The Labute approximate surface area is 84.5 Å². The summed E-state index contributed by atoms with van der Waals surface area (Å²) in [6, 6.07) is 7.83. The number of carbonyl (C=O) groups excluding carboxylic acids is 1. The second kappa shape index (κ2) is 3.82. The molecular weight excluding hydrogens is 174 g/mol. The second-order valence-corrected chi connectivity index (χ2v) is 3.59. The van der Waals surface area contributed by atoms with E-state index in [-0.39, 0.29) is 5.91 Å². The van der Waals surface area contributed by atoms with Crippen LogP contribution in [0.15, 0.2) is 24.3 Å². The molecule has 0 atom stereocenters. The highest BCUT2D eigenvalue weighted by Crippen LogP contribution is 2.22. The lowest BCUT2D eigenvalue weighted by Gasteiger charge is -2.14. The quantitative estimate of drug-likeness (QED) is 0.712. The molecule has 0 spiro atoms. The van der Waals surface area contributed by atoms with Crippen molar-refractivity contribution in [3.63, 3.8) is 0 Å². The molecule has 1 aliphatic rings. The third-order valence-electron chi connectivity index (χ3n) is 2.57. The fourth-order valence-corrected chi connectivity index (χ4v) is 1.80. The molecule has 1 amide bonds. The molecule has 0 bridgehead atoms. The maximum Gasteiger partial charge on any atom is 0.254 e. The van der Waals surface area contributed by atoms with E-state index < -0.39 is 0 Å². The second-order valence-electron chi connectivity index (χ2n) is 3.59. The van der Waals surface area contributed by atoms with Crippen molar-refractivity contribution >= 4 is 5.91 Å². The van der Waals surface area contributed by atoms with Crippen molar-refractivity contribution in [2.45, 2.75) is 19.4 Å². The summed E-state index contributed by atoms with van der Waals surface area (Å²) in [6.07, 6.45) is 1.87. The molecule has 1 aliphatic heterocycles. The maximum absolute atomic E-state index is 11.8. The number of carbonyl (C=O) groups is 1. The summed E-state index contributed by atoms with van der Waals surface area (Å²) in [7, 11) is 0. The fourth-order valence-electron chi connectivity index (χ4n) is 1.80. The normalized spacial score (nSPS) is 14.6. The molecule has 1 aromatic carbocycles. The lowest BCUT2D eigenvalue weighted by atomic mass is 10.1. The molecule has 0 N–H and O–H groups in total. The first kappa shape index (κ1) is 9.25. The van der Waals surface area contributed by atoms with Gasteiger partial charge in [0.15, 0.2) is 0 Å². The molecule has 2 rings (SSSR count). The minimum absolute atomic E-state index is 0.175. The van der Waals surface area contributed by atoms with Crippen molar-refractivity contribution in [3.8, 4) is 0 Å². The van der Waals surface area contributed by atoms with Crippen LogP contribution in [0.2, 0.25) is 0 Å². The van der Waals surface area contributed by atoms with Crippen LogP contribution < -0.4 is 0 Å². The van der Waals surface area contributed by atoms with Gasteiger partial charge in [-0.25, -0.2) is 0 Å². The van der Waals surface area contributed by atoms with Crippen molar-refractivity contribution in [3.05, 3.63) is 42.3 Å². The van der Waals surface area contributed by atoms with Crippen LogP contribution >= 0.6 is 0 Å². The van der Waals surface area contributed by atoms with Gasteiger partial charge in [-0.1, -0.05) is 31.5 Å². The Balaban J connectivity index is 2.13. The largest absolute Gasteiger partial charge is 0.334 e. The van der Waals surface area contributed by atoms with Crippen molar-refractivity contribution in [2.75, 3.05) is 6.54 Å². The summed E-state index contributed by atoms with van der Waals surface area (Å²) in [5.74, 6) is 0.175. The number of benzene rings is 1. The summed E-state index contributed by atoms with van der Waals surface area (Å²) in [5, 5.41) is 0. The Morgan fingerprint density at radius 1 is 1.36 bits per heavy atom. The molecule has 1 radical (unpaired) electrons. The number of fused-ring (bicyclic) bond motifs is 1. The van der Waals surface area contributed by atoms with Gasteiger partial charge in [-0.2, -0.15) is 0 Å². The van der Waals surface area contributed by atoms with Crippen LogP contribution in [0, 0.1) is 6.92 Å². The van der Waals surface area contributed by atoms with E-state index in [4.69, 9.17) is 0 Å². The number of rotatable bonds is 3. The average molecular weight is 188 g/mol. The predicted molar refractivity (Wildman–Crippen MR) is 55.8 cm³/mol. The molecule has 0 saturated heterocycles. The maximum atomic E-state index is 11.8. The molecule has 14 heavy (non-hydrogen) atoms. The van der Waals surface area contributed by atoms with Crippen molar-refractivity contribution < 1.29 is 4.79 Å². The minimum Gasteiger partial charge on any atom is -0.334 e. The third-order valence-corrected chi connectivity index (χ3v) is 2.57. The molecule has 73 valence electrons. The summed E-state index contributed by atoms with van der Waals surface area (Å²) in [4.78, 5) is 13.7. The summed E-state index contributed by atoms with van der Waals surface area (Å²) < 4.78 is 0. The van der Waals surface area contributed by atoms with Crippen LogP contribution in [-0.4, -0.2) is 17.4 Å². The Kier molecular flexibility index (Phi) is 2.53. The molecule has 1 heterocycles. The number of amides is 1. The van der Waals surface area contributed by atoms with Gasteiger partial charge in [-0.15, -0.1) is 0 Å². The van der Waals surface area contributed by atoms with Gasteiger partial charge in [0.1, 0.15) is 0 Å². The zero-order valence-corrected chi connectivity index (χ0v) is 8.20. The topological polar surface area (TPSA) is 20.3 Å². The molecule has 0 fully saturated rings. The third kappa shape index (κ3) is 1.52. The minimum atomic E-state index is 0.175. The van der Waals surface area contributed by atoms with Gasteiger partial charge in [-0.3, -0.25) is 4.79 Å². The van der Waals surface area contributed by atoms with Crippen molar-refractivity contribution in [1.29, 1.82) is 0 Å². The highest BCUT2D eigenvalue weighted by Gasteiger charge is 2.25. The van der Waals surface area contributed by atoms with E-state index in [0.717, 1.165) is 37.1 Å². The number of hydrogen-bond acceptors (Lipinski definition) is 1. The Bertz CT molecular complexity index is 346. The monoisotopic (exact) mass is 188 g/mol. The summed E-state index contributed by atoms with van der Waals surface area (Å²) in [5.41, 5.74) is 2.03. The zero-order valence-electron chi connectivity index (χ0n) is 8.20.